The maximum Gasteiger partial charge on any atom is 0.307 e. The molecule has 0 unspecified atom stereocenters. The van der Waals surface area contributed by atoms with Crippen molar-refractivity contribution in [1.29, 1.82) is 0 Å². The molecule has 0 aromatic heterocycles. The third kappa shape index (κ3) is 4.08. The Hall–Kier alpha value is -3.35. The van der Waals surface area contributed by atoms with E-state index in [1.54, 1.807) is 49.4 Å². The molecule has 0 saturated carbocycles. The first-order chi connectivity index (χ1) is 14.0. The largest absolute Gasteiger partial charge is 0.497 e. The molecule has 3 rings (SSSR count). The first kappa shape index (κ1) is 20.4. The van der Waals surface area contributed by atoms with Crippen LogP contribution >= 0.6 is 0 Å². The number of methoxy groups -OCH3 is 2. The SMILES string of the molecule is COC(=O)CCNC(=O)[C@H]1c2ccccc2C(=O)N(C)[C@H]1c1ccc(OC)cc1. The van der Waals surface area contributed by atoms with Gasteiger partial charge in [-0.05, 0) is 29.3 Å². The highest BCUT2D eigenvalue weighted by molar-refractivity contribution is 6.01. The highest BCUT2D eigenvalue weighted by Crippen LogP contribution is 2.42. The molecule has 0 spiro atoms. The Morgan fingerprint density at radius 2 is 1.76 bits per heavy atom. The van der Waals surface area contributed by atoms with Crippen LogP contribution in [-0.2, 0) is 14.3 Å². The summed E-state index contributed by atoms with van der Waals surface area (Å²) in [5.41, 5.74) is 2.00. The smallest absolute Gasteiger partial charge is 0.307 e. The fourth-order valence-electron chi connectivity index (χ4n) is 3.67. The highest BCUT2D eigenvalue weighted by atomic mass is 16.5. The molecule has 29 heavy (non-hydrogen) atoms. The van der Waals surface area contributed by atoms with Crippen molar-refractivity contribution >= 4 is 17.8 Å². The molecule has 2 aromatic carbocycles. The first-order valence-electron chi connectivity index (χ1n) is 9.32. The number of nitrogens with one attached hydrogen (secondary N) is 1. The van der Waals surface area contributed by atoms with Crippen LogP contribution < -0.4 is 10.1 Å². The quantitative estimate of drug-likeness (QED) is 0.758. The summed E-state index contributed by atoms with van der Waals surface area (Å²) < 4.78 is 9.84. The lowest BCUT2D eigenvalue weighted by Gasteiger charge is -2.39. The van der Waals surface area contributed by atoms with Crippen molar-refractivity contribution in [3.8, 4) is 5.75 Å². The number of carbonyl (C=O) groups is 3. The van der Waals surface area contributed by atoms with Gasteiger partial charge in [0.2, 0.25) is 5.91 Å². The first-order valence-corrected chi connectivity index (χ1v) is 9.32. The van der Waals surface area contributed by atoms with Gasteiger partial charge in [0.25, 0.3) is 5.91 Å². The Labute approximate surface area is 169 Å². The van der Waals surface area contributed by atoms with Crippen LogP contribution in [0.25, 0.3) is 0 Å². The van der Waals surface area contributed by atoms with Gasteiger partial charge in [-0.25, -0.2) is 0 Å². The lowest BCUT2D eigenvalue weighted by Crippen LogP contribution is -2.45. The van der Waals surface area contributed by atoms with Crippen molar-refractivity contribution in [3.63, 3.8) is 0 Å². The number of hydrogen-bond acceptors (Lipinski definition) is 5. The van der Waals surface area contributed by atoms with Crippen LogP contribution in [0.1, 0.15) is 39.9 Å². The van der Waals surface area contributed by atoms with E-state index in [1.165, 1.54) is 7.11 Å². The summed E-state index contributed by atoms with van der Waals surface area (Å²) >= 11 is 0. The maximum atomic E-state index is 13.2. The van der Waals surface area contributed by atoms with Gasteiger partial charge in [-0.2, -0.15) is 0 Å². The minimum Gasteiger partial charge on any atom is -0.497 e. The van der Waals surface area contributed by atoms with Gasteiger partial charge in [-0.3, -0.25) is 14.4 Å². The van der Waals surface area contributed by atoms with E-state index in [0.29, 0.717) is 16.9 Å². The van der Waals surface area contributed by atoms with Crippen LogP contribution in [0.4, 0.5) is 0 Å². The number of esters is 1. The number of carbonyl (C=O) groups excluding carboxylic acids is 3. The summed E-state index contributed by atoms with van der Waals surface area (Å²) in [6.07, 6.45) is 0.0819. The van der Waals surface area contributed by atoms with Crippen molar-refractivity contribution < 1.29 is 23.9 Å². The molecule has 0 radical (unpaired) electrons. The number of amides is 2. The Morgan fingerprint density at radius 1 is 1.07 bits per heavy atom. The van der Waals surface area contributed by atoms with Crippen LogP contribution in [-0.4, -0.2) is 50.5 Å². The number of ether oxygens (including phenoxy) is 2. The molecular formula is C22H24N2O5. The van der Waals surface area contributed by atoms with E-state index in [0.717, 1.165) is 5.56 Å². The van der Waals surface area contributed by atoms with E-state index in [2.05, 4.69) is 10.1 Å². The second-order valence-corrected chi connectivity index (χ2v) is 6.82. The zero-order chi connectivity index (χ0) is 21.0. The lowest BCUT2D eigenvalue weighted by atomic mass is 9.79. The molecular weight excluding hydrogens is 372 g/mol. The third-order valence-corrected chi connectivity index (χ3v) is 5.18. The molecule has 0 bridgehead atoms. The van der Waals surface area contributed by atoms with Crippen LogP contribution in [0.5, 0.6) is 5.75 Å². The molecule has 1 heterocycles. The number of rotatable bonds is 6. The molecule has 152 valence electrons. The van der Waals surface area contributed by atoms with Gasteiger partial charge in [0.1, 0.15) is 5.75 Å². The molecule has 1 aliphatic heterocycles. The summed E-state index contributed by atoms with van der Waals surface area (Å²) in [5.74, 6) is -0.701. The summed E-state index contributed by atoms with van der Waals surface area (Å²) in [6, 6.07) is 14.0. The van der Waals surface area contributed by atoms with Crippen molar-refractivity contribution in [2.45, 2.75) is 18.4 Å². The zero-order valence-electron chi connectivity index (χ0n) is 16.7. The van der Waals surface area contributed by atoms with E-state index in [1.807, 2.05) is 18.2 Å². The van der Waals surface area contributed by atoms with Gasteiger partial charge >= 0.3 is 5.97 Å². The van der Waals surface area contributed by atoms with Crippen LogP contribution in [0.3, 0.4) is 0 Å². The second kappa shape index (κ2) is 8.77. The summed E-state index contributed by atoms with van der Waals surface area (Å²) in [5, 5.41) is 2.81. The molecule has 1 aliphatic rings. The molecule has 0 fully saturated rings. The molecule has 7 heteroatoms. The van der Waals surface area contributed by atoms with Gasteiger partial charge < -0.3 is 19.7 Å². The molecule has 2 aromatic rings. The van der Waals surface area contributed by atoms with Crippen molar-refractivity contribution in [1.82, 2.24) is 10.2 Å². The molecule has 1 N–H and O–H groups in total. The predicted octanol–water partition coefficient (Wildman–Crippen LogP) is 2.28. The Bertz CT molecular complexity index is 910. The Morgan fingerprint density at radius 3 is 2.41 bits per heavy atom. The Kier molecular flexibility index (Phi) is 6.16. The van der Waals surface area contributed by atoms with E-state index < -0.39 is 17.9 Å². The van der Waals surface area contributed by atoms with Crippen LogP contribution in [0.2, 0.25) is 0 Å². The third-order valence-electron chi connectivity index (χ3n) is 5.18. The molecule has 2 atom stereocenters. The highest BCUT2D eigenvalue weighted by Gasteiger charge is 2.42. The fraction of sp³-hybridized carbons (Fsp3) is 0.318. The normalized spacial score (nSPS) is 18.0. The monoisotopic (exact) mass is 396 g/mol. The fourth-order valence-corrected chi connectivity index (χ4v) is 3.67. The standard InChI is InChI=1S/C22H24N2O5/c1-24-20(14-8-10-15(28-2)11-9-14)19(21(26)23-13-12-18(25)29-3)16-6-4-5-7-17(16)22(24)27/h4-11,19-20H,12-13H2,1-3H3,(H,23,26)/t19-,20-/m0/s1. The van der Waals surface area contributed by atoms with Crippen LogP contribution in [0.15, 0.2) is 48.5 Å². The number of nitrogens with zero attached hydrogens (tertiary/aromatic N) is 1. The number of benzene rings is 2. The van der Waals surface area contributed by atoms with Gasteiger partial charge in [0, 0.05) is 19.2 Å². The summed E-state index contributed by atoms with van der Waals surface area (Å²) in [4.78, 5) is 39.1. The average Bonchev–Trinajstić information content (AvgIpc) is 2.75. The van der Waals surface area contributed by atoms with Crippen molar-refractivity contribution in [2.75, 3.05) is 27.8 Å². The van der Waals surface area contributed by atoms with E-state index in [9.17, 15) is 14.4 Å². The van der Waals surface area contributed by atoms with Crippen molar-refractivity contribution in [3.05, 3.63) is 65.2 Å². The zero-order valence-corrected chi connectivity index (χ0v) is 16.7. The van der Waals surface area contributed by atoms with Gasteiger partial charge in [0.15, 0.2) is 0 Å². The number of hydrogen-bond donors (Lipinski definition) is 1. The van der Waals surface area contributed by atoms with Gasteiger partial charge in [0.05, 0.1) is 32.6 Å². The van der Waals surface area contributed by atoms with Gasteiger partial charge in [-0.1, -0.05) is 30.3 Å². The topological polar surface area (TPSA) is 84.9 Å². The van der Waals surface area contributed by atoms with E-state index in [-0.39, 0.29) is 24.8 Å². The number of fused-ring (bicyclic) bond motifs is 1. The average molecular weight is 396 g/mol. The van der Waals surface area contributed by atoms with Crippen molar-refractivity contribution in [2.24, 2.45) is 0 Å². The van der Waals surface area contributed by atoms with E-state index >= 15 is 0 Å². The summed E-state index contributed by atoms with van der Waals surface area (Å²) in [6.45, 7) is 0.164. The maximum absolute atomic E-state index is 13.2. The van der Waals surface area contributed by atoms with Crippen LogP contribution in [0, 0.1) is 0 Å². The minimum atomic E-state index is -0.611. The number of likely N-dealkylation sites (N-methyl/N-ethyl adjacent to an activating group) is 1. The Balaban J connectivity index is 1.98. The van der Waals surface area contributed by atoms with E-state index in [4.69, 9.17) is 4.74 Å². The molecule has 7 nitrogen and oxygen atoms in total. The lowest BCUT2D eigenvalue weighted by molar-refractivity contribution is -0.140. The molecule has 2 amide bonds. The molecule has 0 saturated heterocycles. The minimum absolute atomic E-state index is 0.0819. The van der Waals surface area contributed by atoms with Gasteiger partial charge in [-0.15, -0.1) is 0 Å². The second-order valence-electron chi connectivity index (χ2n) is 6.82. The predicted molar refractivity (Wildman–Crippen MR) is 107 cm³/mol. The summed E-state index contributed by atoms with van der Waals surface area (Å²) in [7, 11) is 4.59. The molecule has 0 aliphatic carbocycles.